The van der Waals surface area contributed by atoms with Crippen molar-refractivity contribution in [3.63, 3.8) is 0 Å². The maximum absolute atomic E-state index is 13.6. The largest absolute Gasteiger partial charge is 0.452 e. The van der Waals surface area contributed by atoms with Crippen molar-refractivity contribution in [3.8, 4) is 0 Å². The predicted molar refractivity (Wildman–Crippen MR) is 98.2 cm³/mol. The van der Waals surface area contributed by atoms with Gasteiger partial charge in [0.05, 0.1) is 12.1 Å². The summed E-state index contributed by atoms with van der Waals surface area (Å²) >= 11 is 0. The Morgan fingerprint density at radius 1 is 1.00 bits per heavy atom. The fraction of sp³-hybridized carbons (Fsp3) is 0.143. The van der Waals surface area contributed by atoms with Gasteiger partial charge in [0.2, 0.25) is 0 Å². The van der Waals surface area contributed by atoms with Gasteiger partial charge in [-0.1, -0.05) is 42.5 Å². The molecule has 0 bridgehead atoms. The SMILES string of the molecule is C[C@@H](OC(=O)Cc1ccc2ccccc2c1)C(=O)Nc1cc(F)ccc1F. The summed E-state index contributed by atoms with van der Waals surface area (Å²) in [5.74, 6) is -2.80. The van der Waals surface area contributed by atoms with E-state index in [1.54, 1.807) is 0 Å². The molecule has 27 heavy (non-hydrogen) atoms. The number of anilines is 1. The minimum Gasteiger partial charge on any atom is -0.452 e. The number of amides is 1. The van der Waals surface area contributed by atoms with Gasteiger partial charge in [-0.05, 0) is 35.4 Å². The highest BCUT2D eigenvalue weighted by atomic mass is 19.1. The van der Waals surface area contributed by atoms with Crippen LogP contribution in [0.3, 0.4) is 0 Å². The molecule has 0 spiro atoms. The van der Waals surface area contributed by atoms with E-state index in [1.165, 1.54) is 6.92 Å². The number of rotatable bonds is 5. The summed E-state index contributed by atoms with van der Waals surface area (Å²) in [7, 11) is 0. The van der Waals surface area contributed by atoms with E-state index in [2.05, 4.69) is 5.32 Å². The highest BCUT2D eigenvalue weighted by Crippen LogP contribution is 2.17. The van der Waals surface area contributed by atoms with Crippen molar-refractivity contribution in [2.45, 2.75) is 19.4 Å². The number of carbonyl (C=O) groups excluding carboxylic acids is 2. The smallest absolute Gasteiger partial charge is 0.311 e. The number of hydrogen-bond acceptors (Lipinski definition) is 3. The van der Waals surface area contributed by atoms with Crippen molar-refractivity contribution in [2.24, 2.45) is 0 Å². The van der Waals surface area contributed by atoms with Gasteiger partial charge in [0, 0.05) is 6.07 Å². The maximum atomic E-state index is 13.6. The van der Waals surface area contributed by atoms with Crippen molar-refractivity contribution < 1.29 is 23.1 Å². The van der Waals surface area contributed by atoms with Crippen LogP contribution in [0, 0.1) is 11.6 Å². The molecule has 0 aliphatic carbocycles. The van der Waals surface area contributed by atoms with Crippen LogP contribution < -0.4 is 5.32 Å². The minimum atomic E-state index is -1.15. The lowest BCUT2D eigenvalue weighted by molar-refractivity contribution is -0.152. The minimum absolute atomic E-state index is 0.00319. The van der Waals surface area contributed by atoms with Crippen LogP contribution in [0.1, 0.15) is 12.5 Å². The Morgan fingerprint density at radius 3 is 2.52 bits per heavy atom. The molecule has 0 aliphatic heterocycles. The van der Waals surface area contributed by atoms with Crippen molar-refractivity contribution >= 4 is 28.3 Å². The first kappa shape index (κ1) is 18.5. The first-order valence-electron chi connectivity index (χ1n) is 8.35. The van der Waals surface area contributed by atoms with Crippen molar-refractivity contribution in [1.82, 2.24) is 0 Å². The van der Waals surface area contributed by atoms with Crippen LogP contribution >= 0.6 is 0 Å². The Morgan fingerprint density at radius 2 is 1.74 bits per heavy atom. The molecule has 1 N–H and O–H groups in total. The molecule has 1 atom stereocenters. The predicted octanol–water partition coefficient (Wildman–Crippen LogP) is 4.23. The third-order valence-electron chi connectivity index (χ3n) is 4.03. The zero-order valence-electron chi connectivity index (χ0n) is 14.5. The highest BCUT2D eigenvalue weighted by Gasteiger charge is 2.19. The number of nitrogens with one attached hydrogen (secondary N) is 1. The summed E-state index contributed by atoms with van der Waals surface area (Å²) < 4.78 is 31.8. The van der Waals surface area contributed by atoms with Gasteiger partial charge in [-0.15, -0.1) is 0 Å². The van der Waals surface area contributed by atoms with E-state index in [0.717, 1.165) is 34.5 Å². The number of halogens is 2. The van der Waals surface area contributed by atoms with Crippen LogP contribution in [0.2, 0.25) is 0 Å². The average molecular weight is 369 g/mol. The standard InChI is InChI=1S/C21H17F2NO3/c1-13(21(26)24-19-12-17(22)8-9-18(19)23)27-20(25)11-14-6-7-15-4-2-3-5-16(15)10-14/h2-10,12-13H,11H2,1H3,(H,24,26)/t13-/m1/s1. The summed E-state index contributed by atoms with van der Waals surface area (Å²) in [6, 6.07) is 16.0. The molecule has 0 saturated carbocycles. The molecule has 3 aromatic rings. The highest BCUT2D eigenvalue weighted by molar-refractivity contribution is 5.95. The Bertz CT molecular complexity index is 1000. The molecule has 0 aliphatic rings. The molecule has 6 heteroatoms. The second-order valence-corrected chi connectivity index (χ2v) is 6.10. The van der Waals surface area contributed by atoms with Gasteiger partial charge in [-0.25, -0.2) is 8.78 Å². The molecular weight excluding hydrogens is 352 g/mol. The molecule has 0 saturated heterocycles. The monoisotopic (exact) mass is 369 g/mol. The molecule has 3 rings (SSSR count). The molecule has 3 aromatic carbocycles. The molecule has 0 unspecified atom stereocenters. The van der Waals surface area contributed by atoms with Crippen LogP contribution in [0.25, 0.3) is 10.8 Å². The fourth-order valence-electron chi connectivity index (χ4n) is 2.64. The number of esters is 1. The Kier molecular flexibility index (Phi) is 5.45. The van der Waals surface area contributed by atoms with Gasteiger partial charge >= 0.3 is 5.97 Å². The Labute approximate surface area is 154 Å². The third kappa shape index (κ3) is 4.67. The zero-order chi connectivity index (χ0) is 19.4. The lowest BCUT2D eigenvalue weighted by Crippen LogP contribution is -2.30. The molecule has 138 valence electrons. The summed E-state index contributed by atoms with van der Waals surface area (Å²) in [6.07, 6.45) is -1.16. The van der Waals surface area contributed by atoms with Gasteiger partial charge in [-0.3, -0.25) is 9.59 Å². The summed E-state index contributed by atoms with van der Waals surface area (Å²) in [6.45, 7) is 1.37. The van der Waals surface area contributed by atoms with Gasteiger partial charge in [0.15, 0.2) is 6.10 Å². The second-order valence-electron chi connectivity index (χ2n) is 6.10. The summed E-state index contributed by atoms with van der Waals surface area (Å²) in [5.41, 5.74) is 0.444. The first-order valence-corrected chi connectivity index (χ1v) is 8.35. The Balaban J connectivity index is 1.60. The normalized spacial score (nSPS) is 11.8. The molecule has 4 nitrogen and oxygen atoms in total. The van der Waals surface area contributed by atoms with Crippen LogP contribution in [0.4, 0.5) is 14.5 Å². The first-order chi connectivity index (χ1) is 12.9. The molecule has 0 radical (unpaired) electrons. The maximum Gasteiger partial charge on any atom is 0.311 e. The topological polar surface area (TPSA) is 55.4 Å². The van der Waals surface area contributed by atoms with E-state index in [0.29, 0.717) is 0 Å². The van der Waals surface area contributed by atoms with E-state index < -0.39 is 29.6 Å². The fourth-order valence-corrected chi connectivity index (χ4v) is 2.64. The third-order valence-corrected chi connectivity index (χ3v) is 4.03. The zero-order valence-corrected chi connectivity index (χ0v) is 14.5. The molecule has 1 amide bonds. The van der Waals surface area contributed by atoms with Crippen molar-refractivity contribution in [3.05, 3.63) is 77.9 Å². The van der Waals surface area contributed by atoms with Gasteiger partial charge in [0.1, 0.15) is 11.6 Å². The van der Waals surface area contributed by atoms with Gasteiger partial charge in [0.25, 0.3) is 5.91 Å². The lowest BCUT2D eigenvalue weighted by atomic mass is 10.1. The number of hydrogen-bond donors (Lipinski definition) is 1. The van der Waals surface area contributed by atoms with Gasteiger partial charge < -0.3 is 10.1 Å². The van der Waals surface area contributed by atoms with Gasteiger partial charge in [-0.2, -0.15) is 0 Å². The second kappa shape index (κ2) is 7.95. The molecule has 0 heterocycles. The number of carbonyl (C=O) groups is 2. The molecular formula is C21H17F2NO3. The molecule has 0 aromatic heterocycles. The quantitative estimate of drug-likeness (QED) is 0.685. The number of fused-ring (bicyclic) bond motifs is 1. The van der Waals surface area contributed by atoms with Crippen molar-refractivity contribution in [2.75, 3.05) is 5.32 Å². The molecule has 0 fully saturated rings. The van der Waals surface area contributed by atoms with E-state index in [4.69, 9.17) is 4.74 Å². The summed E-state index contributed by atoms with van der Waals surface area (Å²) in [5, 5.41) is 4.26. The Hall–Kier alpha value is -3.28. The van der Waals surface area contributed by atoms with Crippen LogP contribution in [-0.4, -0.2) is 18.0 Å². The van der Waals surface area contributed by atoms with Crippen molar-refractivity contribution in [1.29, 1.82) is 0 Å². The number of benzene rings is 3. The van der Waals surface area contributed by atoms with E-state index in [9.17, 15) is 18.4 Å². The van der Waals surface area contributed by atoms with E-state index in [1.807, 2.05) is 42.5 Å². The lowest BCUT2D eigenvalue weighted by Gasteiger charge is -2.14. The average Bonchev–Trinajstić information content (AvgIpc) is 2.64. The van der Waals surface area contributed by atoms with Crippen LogP contribution in [0.15, 0.2) is 60.7 Å². The summed E-state index contributed by atoms with van der Waals surface area (Å²) in [4.78, 5) is 24.2. The number of ether oxygens (including phenoxy) is 1. The van der Waals surface area contributed by atoms with E-state index >= 15 is 0 Å². The van der Waals surface area contributed by atoms with Crippen LogP contribution in [0.5, 0.6) is 0 Å². The van der Waals surface area contributed by atoms with E-state index in [-0.39, 0.29) is 12.1 Å². The van der Waals surface area contributed by atoms with Crippen LogP contribution in [-0.2, 0) is 20.7 Å².